The minimum atomic E-state index is -0.0831. The molecule has 1 heterocycles. The molecule has 1 aliphatic heterocycles. The van der Waals surface area contributed by atoms with Crippen molar-refractivity contribution in [3.63, 3.8) is 0 Å². The van der Waals surface area contributed by atoms with Gasteiger partial charge in [-0.1, -0.05) is 0 Å². The van der Waals surface area contributed by atoms with Crippen LogP contribution in [-0.4, -0.2) is 23.4 Å². The first-order valence-corrected chi connectivity index (χ1v) is 7.89. The van der Waals surface area contributed by atoms with Gasteiger partial charge in [0, 0.05) is 0 Å². The number of carbonyl (C=O) groups excluding carboxylic acids is 1. The predicted molar refractivity (Wildman–Crippen MR) is 28.6 cm³/mol. The molecule has 0 aromatic rings. The molecule has 10 heavy (non-hydrogen) atoms. The second kappa shape index (κ2) is 4.58. The molecule has 0 N–H and O–H groups in total. The Hall–Kier alpha value is 0.730. The van der Waals surface area contributed by atoms with Gasteiger partial charge in [-0.15, -0.1) is 0 Å². The van der Waals surface area contributed by atoms with Gasteiger partial charge < -0.3 is 0 Å². The van der Waals surface area contributed by atoms with E-state index in [4.69, 9.17) is 0 Å². The number of ether oxygens (including phenoxy) is 1. The Balaban J connectivity index is 2.31. The van der Waals surface area contributed by atoms with Crippen molar-refractivity contribution in [3.05, 3.63) is 0 Å². The molecule has 5 heteroatoms. The normalized spacial score (nSPS) is 20.3. The molecule has 1 saturated heterocycles. The molecule has 0 radical (unpaired) electrons. The minimum absolute atomic E-state index is 0.00985. The summed E-state index contributed by atoms with van der Waals surface area (Å²) in [5.41, 5.74) is 0. The van der Waals surface area contributed by atoms with Crippen molar-refractivity contribution in [1.29, 1.82) is 0 Å². The van der Waals surface area contributed by atoms with E-state index in [1.54, 1.807) is 0 Å². The number of hydrogen-bond donors (Lipinski definition) is 0. The molecule has 0 aliphatic carbocycles. The van der Waals surface area contributed by atoms with Gasteiger partial charge in [-0.25, -0.2) is 0 Å². The molecule has 1 fully saturated rings. The molecule has 0 unspecified atom stereocenters. The molecule has 1 rings (SSSR count). The topological polar surface area (TPSA) is 29.5 Å². The molecular formula is C5H9I2NO2-2. The number of alkyl halides is 2. The van der Waals surface area contributed by atoms with Crippen molar-refractivity contribution in [2.75, 3.05) is 16.0 Å². The molecular weight excluding hydrogens is 360 g/mol. The van der Waals surface area contributed by atoms with Crippen LogP contribution < -0.4 is 43.0 Å². The number of amides is 1. The summed E-state index contributed by atoms with van der Waals surface area (Å²) in [5, 5.41) is 0. The SMILES string of the molecule is COC(=O)N1[I-]CCC[I-]1. The molecule has 0 aromatic carbocycles. The number of halogens is 2. The van der Waals surface area contributed by atoms with Gasteiger partial charge >= 0.3 is 82.3 Å². The van der Waals surface area contributed by atoms with Crippen LogP contribution in [0.4, 0.5) is 4.79 Å². The third kappa shape index (κ3) is 2.40. The monoisotopic (exact) mass is 369 g/mol. The number of methoxy groups -OCH3 is 1. The van der Waals surface area contributed by atoms with E-state index in [9.17, 15) is 4.79 Å². The van der Waals surface area contributed by atoms with Crippen LogP contribution in [0.3, 0.4) is 0 Å². The molecule has 62 valence electrons. The Labute approximate surface area is 81.7 Å². The van der Waals surface area contributed by atoms with Gasteiger partial charge in [0.2, 0.25) is 0 Å². The van der Waals surface area contributed by atoms with E-state index in [1.165, 1.54) is 22.4 Å². The van der Waals surface area contributed by atoms with Gasteiger partial charge in [-0.3, -0.25) is 0 Å². The summed E-state index contributed by atoms with van der Waals surface area (Å²) in [6.07, 6.45) is 1.26. The van der Waals surface area contributed by atoms with Crippen LogP contribution >= 0.6 is 0 Å². The molecule has 3 nitrogen and oxygen atoms in total. The summed E-state index contributed by atoms with van der Waals surface area (Å²) in [6, 6.07) is 0. The fraction of sp³-hybridized carbons (Fsp3) is 0.800. The van der Waals surface area contributed by atoms with Crippen molar-refractivity contribution >= 4 is 6.09 Å². The first-order chi connectivity index (χ1) is 4.84. The number of rotatable bonds is 0. The van der Waals surface area contributed by atoms with E-state index in [0.29, 0.717) is 0 Å². The molecule has 0 spiro atoms. The molecule has 1 aliphatic rings. The Morgan fingerprint density at radius 2 is 2.10 bits per heavy atom. The molecule has 0 atom stereocenters. The van der Waals surface area contributed by atoms with Gasteiger partial charge in [0.15, 0.2) is 0 Å². The number of hydrogen-bond acceptors (Lipinski definition) is 2. The first-order valence-electron chi connectivity index (χ1n) is 2.91. The Kier molecular flexibility index (Phi) is 4.04. The fourth-order valence-electron chi connectivity index (χ4n) is 0.517. The van der Waals surface area contributed by atoms with Gasteiger partial charge in [0.05, 0.1) is 0 Å². The standard InChI is InChI=1S/C5H9I2NO2/c1-10-5(9)8-6-3-2-4-7-8/h2-4H2,1H3/q-2. The van der Waals surface area contributed by atoms with Crippen molar-refractivity contribution in [2.24, 2.45) is 0 Å². The van der Waals surface area contributed by atoms with Crippen molar-refractivity contribution in [3.8, 4) is 0 Å². The van der Waals surface area contributed by atoms with Crippen LogP contribution in [-0.2, 0) is 4.74 Å². The van der Waals surface area contributed by atoms with Gasteiger partial charge in [-0.2, -0.15) is 0 Å². The Morgan fingerprint density at radius 3 is 2.60 bits per heavy atom. The zero-order chi connectivity index (χ0) is 7.40. The van der Waals surface area contributed by atoms with Crippen molar-refractivity contribution in [1.82, 2.24) is 1.33 Å². The van der Waals surface area contributed by atoms with Crippen LogP contribution in [0.15, 0.2) is 0 Å². The van der Waals surface area contributed by atoms with E-state index < -0.39 is 0 Å². The zero-order valence-electron chi connectivity index (χ0n) is 5.64. The van der Waals surface area contributed by atoms with E-state index in [-0.39, 0.29) is 49.1 Å². The maximum atomic E-state index is 10.9. The second-order valence-electron chi connectivity index (χ2n) is 1.67. The quantitative estimate of drug-likeness (QED) is 0.242. The second-order valence-corrected chi connectivity index (χ2v) is 8.97. The Bertz CT molecular complexity index is 125. The van der Waals surface area contributed by atoms with Crippen LogP contribution in [0, 0.1) is 0 Å². The summed E-state index contributed by atoms with van der Waals surface area (Å²) < 4.78 is 9.12. The summed E-state index contributed by atoms with van der Waals surface area (Å²) in [7, 11) is 1.46. The zero-order valence-corrected chi connectivity index (χ0v) is 9.96. The number of nitrogens with zero attached hydrogens (tertiary/aromatic N) is 1. The fourth-order valence-corrected chi connectivity index (χ4v) is 9.07. The summed E-state index contributed by atoms with van der Waals surface area (Å²) >= 11 is 0.0197. The molecule has 0 saturated carbocycles. The molecule has 0 aromatic heterocycles. The first kappa shape index (κ1) is 8.82. The molecule has 0 bridgehead atoms. The molecule has 1 amide bonds. The number of carbonyl (C=O) groups is 1. The predicted octanol–water partition coefficient (Wildman–Crippen LogP) is -5.53. The van der Waals surface area contributed by atoms with Crippen molar-refractivity contribution in [2.45, 2.75) is 6.42 Å². The third-order valence-electron chi connectivity index (χ3n) is 0.959. The summed E-state index contributed by atoms with van der Waals surface area (Å²) in [4.78, 5) is 10.9. The Morgan fingerprint density at radius 1 is 1.50 bits per heavy atom. The van der Waals surface area contributed by atoms with Gasteiger partial charge in [0.1, 0.15) is 0 Å². The summed E-state index contributed by atoms with van der Waals surface area (Å²) in [5.74, 6) is 0. The van der Waals surface area contributed by atoms with Crippen LogP contribution in [0.25, 0.3) is 0 Å². The van der Waals surface area contributed by atoms with Crippen LogP contribution in [0.5, 0.6) is 0 Å². The van der Waals surface area contributed by atoms with Gasteiger partial charge in [0.25, 0.3) is 0 Å². The van der Waals surface area contributed by atoms with E-state index in [1.807, 2.05) is 1.33 Å². The van der Waals surface area contributed by atoms with E-state index in [2.05, 4.69) is 4.74 Å². The van der Waals surface area contributed by atoms with Crippen LogP contribution in [0.2, 0.25) is 0 Å². The van der Waals surface area contributed by atoms with E-state index in [0.717, 1.165) is 0 Å². The summed E-state index contributed by atoms with van der Waals surface area (Å²) in [6.45, 7) is 0. The van der Waals surface area contributed by atoms with Crippen LogP contribution in [0.1, 0.15) is 6.42 Å². The average molecular weight is 369 g/mol. The van der Waals surface area contributed by atoms with E-state index >= 15 is 0 Å². The average Bonchev–Trinajstić information content (AvgIpc) is 2.05. The maximum absolute atomic E-state index is 10.9. The van der Waals surface area contributed by atoms with Gasteiger partial charge in [-0.05, 0) is 0 Å². The van der Waals surface area contributed by atoms with Crippen molar-refractivity contribution < 1.29 is 52.5 Å². The third-order valence-corrected chi connectivity index (χ3v) is 8.89.